The molecule has 7 heteroatoms. The minimum atomic E-state index is -0.931. The van der Waals surface area contributed by atoms with Gasteiger partial charge in [0, 0.05) is 11.4 Å². The Kier molecular flexibility index (Phi) is 8.94. The molecule has 2 aromatic rings. The number of carbonyl (C=O) groups is 3. The van der Waals surface area contributed by atoms with Crippen molar-refractivity contribution in [3.8, 4) is 0 Å². The third-order valence-electron chi connectivity index (χ3n) is 2.32. The maximum Gasteiger partial charge on any atom is 0.335 e. The monoisotopic (exact) mass is 332 g/mol. The van der Waals surface area contributed by atoms with Crippen LogP contribution in [0.3, 0.4) is 0 Å². The molecule has 7 nitrogen and oxygen atoms in total. The topological polar surface area (TPSA) is 144 Å². The molecule has 0 bridgehead atoms. The SMILES string of the molecule is CC(C)=O.Nc1ccc(C(=O)O)cc1.Nc1ccc(C(=O)O)cc1. The van der Waals surface area contributed by atoms with Gasteiger partial charge in [0.1, 0.15) is 5.78 Å². The number of hydrogen-bond donors (Lipinski definition) is 4. The van der Waals surface area contributed by atoms with Crippen LogP contribution in [0.5, 0.6) is 0 Å². The zero-order valence-corrected chi connectivity index (χ0v) is 13.4. The molecule has 0 unspecified atom stereocenters. The highest BCUT2D eigenvalue weighted by Gasteiger charge is 1.99. The minimum absolute atomic E-state index is 0.167. The molecular weight excluding hydrogens is 312 g/mol. The predicted octanol–water partition coefficient (Wildman–Crippen LogP) is 2.53. The summed E-state index contributed by atoms with van der Waals surface area (Å²) in [5.74, 6) is -1.69. The number of rotatable bonds is 2. The first-order valence-corrected chi connectivity index (χ1v) is 6.78. The third-order valence-corrected chi connectivity index (χ3v) is 2.32. The Morgan fingerprint density at radius 2 is 0.875 bits per heavy atom. The molecule has 0 radical (unpaired) electrons. The number of Topliss-reactive ketones (excluding diaryl/α,β-unsaturated/α-hetero) is 1. The van der Waals surface area contributed by atoms with Crippen molar-refractivity contribution in [2.75, 3.05) is 11.5 Å². The standard InChI is InChI=1S/2C7H7NO2.C3H6O/c2*8-6-3-1-5(2-4-6)7(9)10;1-3(2)4/h2*1-4H,8H2,(H,9,10);1-2H3. The Bertz CT molecular complexity index is 620. The van der Waals surface area contributed by atoms with Gasteiger partial charge in [0.05, 0.1) is 11.1 Å². The van der Waals surface area contributed by atoms with E-state index in [0.717, 1.165) is 0 Å². The first kappa shape index (κ1) is 20.6. The maximum atomic E-state index is 10.3. The lowest BCUT2D eigenvalue weighted by Gasteiger charge is -1.93. The second kappa shape index (κ2) is 10.4. The highest BCUT2D eigenvalue weighted by molar-refractivity contribution is 5.88. The van der Waals surface area contributed by atoms with Crippen LogP contribution in [-0.2, 0) is 4.79 Å². The molecule has 128 valence electrons. The van der Waals surface area contributed by atoms with Crippen LogP contribution in [0.4, 0.5) is 11.4 Å². The summed E-state index contributed by atoms with van der Waals surface area (Å²) in [6.45, 7) is 3.06. The van der Waals surface area contributed by atoms with Gasteiger partial charge >= 0.3 is 11.9 Å². The Morgan fingerprint density at radius 1 is 0.667 bits per heavy atom. The van der Waals surface area contributed by atoms with Crippen LogP contribution >= 0.6 is 0 Å². The molecular formula is C17H20N2O5. The molecule has 2 aromatic carbocycles. The van der Waals surface area contributed by atoms with Crippen LogP contribution in [-0.4, -0.2) is 27.9 Å². The molecule has 0 spiro atoms. The van der Waals surface area contributed by atoms with Crippen molar-refractivity contribution in [2.24, 2.45) is 0 Å². The Hall–Kier alpha value is -3.35. The van der Waals surface area contributed by atoms with Gasteiger partial charge in [0.25, 0.3) is 0 Å². The fraction of sp³-hybridized carbons (Fsp3) is 0.118. The summed E-state index contributed by atoms with van der Waals surface area (Å²) < 4.78 is 0. The average molecular weight is 332 g/mol. The zero-order valence-electron chi connectivity index (χ0n) is 13.4. The van der Waals surface area contributed by atoms with Gasteiger partial charge in [-0.3, -0.25) is 0 Å². The predicted molar refractivity (Wildman–Crippen MR) is 92.0 cm³/mol. The first-order valence-electron chi connectivity index (χ1n) is 6.78. The molecule has 0 aliphatic carbocycles. The van der Waals surface area contributed by atoms with Crippen LogP contribution < -0.4 is 11.5 Å². The van der Waals surface area contributed by atoms with Crippen molar-refractivity contribution in [3.63, 3.8) is 0 Å². The number of carboxylic acid groups (broad SMARTS) is 2. The van der Waals surface area contributed by atoms with E-state index in [1.165, 1.54) is 38.1 Å². The van der Waals surface area contributed by atoms with E-state index < -0.39 is 11.9 Å². The molecule has 2 rings (SSSR count). The summed E-state index contributed by atoms with van der Waals surface area (Å²) in [5, 5.41) is 16.9. The number of anilines is 2. The Morgan fingerprint density at radius 3 is 1.04 bits per heavy atom. The molecule has 0 heterocycles. The average Bonchev–Trinajstić information content (AvgIpc) is 2.48. The van der Waals surface area contributed by atoms with E-state index in [-0.39, 0.29) is 16.9 Å². The number of nitrogens with two attached hydrogens (primary N) is 2. The molecule has 0 atom stereocenters. The van der Waals surface area contributed by atoms with Crippen molar-refractivity contribution in [2.45, 2.75) is 13.8 Å². The van der Waals surface area contributed by atoms with Crippen molar-refractivity contribution in [1.29, 1.82) is 0 Å². The lowest BCUT2D eigenvalue weighted by atomic mass is 10.2. The number of benzene rings is 2. The quantitative estimate of drug-likeness (QED) is 0.618. The summed E-state index contributed by atoms with van der Waals surface area (Å²) in [6, 6.07) is 12.1. The maximum absolute atomic E-state index is 10.3. The molecule has 0 aliphatic heterocycles. The molecule has 0 fully saturated rings. The van der Waals surface area contributed by atoms with Crippen LogP contribution in [0.2, 0.25) is 0 Å². The van der Waals surface area contributed by atoms with Gasteiger partial charge in [-0.25, -0.2) is 9.59 Å². The van der Waals surface area contributed by atoms with Gasteiger partial charge in [-0.2, -0.15) is 0 Å². The molecule has 24 heavy (non-hydrogen) atoms. The Labute approximate surface area is 139 Å². The minimum Gasteiger partial charge on any atom is -0.478 e. The van der Waals surface area contributed by atoms with Gasteiger partial charge in [-0.1, -0.05) is 0 Å². The van der Waals surface area contributed by atoms with Crippen molar-refractivity contribution >= 4 is 29.1 Å². The van der Waals surface area contributed by atoms with E-state index in [9.17, 15) is 14.4 Å². The number of carbonyl (C=O) groups excluding carboxylic acids is 1. The normalized spacial score (nSPS) is 8.75. The summed E-state index contributed by atoms with van der Waals surface area (Å²) in [7, 11) is 0. The van der Waals surface area contributed by atoms with E-state index in [4.69, 9.17) is 21.7 Å². The molecule has 6 N–H and O–H groups in total. The third kappa shape index (κ3) is 9.56. The molecule has 0 saturated carbocycles. The lowest BCUT2D eigenvalue weighted by molar-refractivity contribution is -0.115. The van der Waals surface area contributed by atoms with Gasteiger partial charge in [0.15, 0.2) is 0 Å². The number of nitrogen functional groups attached to an aromatic ring is 2. The highest BCUT2D eigenvalue weighted by atomic mass is 16.4. The van der Waals surface area contributed by atoms with Crippen LogP contribution in [0, 0.1) is 0 Å². The molecule has 0 aliphatic rings. The van der Waals surface area contributed by atoms with Crippen LogP contribution in [0.15, 0.2) is 48.5 Å². The van der Waals surface area contributed by atoms with Crippen LogP contribution in [0.25, 0.3) is 0 Å². The number of ketones is 1. The van der Waals surface area contributed by atoms with E-state index >= 15 is 0 Å². The number of aromatic carboxylic acids is 2. The Balaban J connectivity index is 0.000000363. The second-order valence-electron chi connectivity index (χ2n) is 4.76. The van der Waals surface area contributed by atoms with Gasteiger partial charge in [-0.15, -0.1) is 0 Å². The van der Waals surface area contributed by atoms with Gasteiger partial charge in [0.2, 0.25) is 0 Å². The van der Waals surface area contributed by atoms with Crippen molar-refractivity contribution < 1.29 is 24.6 Å². The van der Waals surface area contributed by atoms with Crippen LogP contribution in [0.1, 0.15) is 34.6 Å². The van der Waals surface area contributed by atoms with Crippen molar-refractivity contribution in [3.05, 3.63) is 59.7 Å². The summed E-state index contributed by atoms with van der Waals surface area (Å²) in [6.07, 6.45) is 0. The number of hydrogen-bond acceptors (Lipinski definition) is 5. The molecule has 0 saturated heterocycles. The lowest BCUT2D eigenvalue weighted by Crippen LogP contribution is -1.95. The molecule has 0 amide bonds. The first-order chi connectivity index (χ1) is 11.1. The fourth-order valence-corrected chi connectivity index (χ4v) is 1.25. The summed E-state index contributed by atoms with van der Waals surface area (Å²) in [4.78, 5) is 30.0. The van der Waals surface area contributed by atoms with Gasteiger partial charge in [-0.05, 0) is 62.4 Å². The van der Waals surface area contributed by atoms with E-state index in [0.29, 0.717) is 11.4 Å². The summed E-state index contributed by atoms with van der Waals surface area (Å²) in [5.41, 5.74) is 12.3. The van der Waals surface area contributed by atoms with E-state index in [1.54, 1.807) is 24.3 Å². The summed E-state index contributed by atoms with van der Waals surface area (Å²) >= 11 is 0. The van der Waals surface area contributed by atoms with E-state index in [2.05, 4.69) is 0 Å². The zero-order chi connectivity index (χ0) is 18.7. The fourth-order valence-electron chi connectivity index (χ4n) is 1.25. The largest absolute Gasteiger partial charge is 0.478 e. The van der Waals surface area contributed by atoms with E-state index in [1.807, 2.05) is 0 Å². The second-order valence-corrected chi connectivity index (χ2v) is 4.76. The van der Waals surface area contributed by atoms with Crippen molar-refractivity contribution in [1.82, 2.24) is 0 Å². The number of carboxylic acids is 2. The molecule has 0 aromatic heterocycles. The highest BCUT2D eigenvalue weighted by Crippen LogP contribution is 2.05. The smallest absolute Gasteiger partial charge is 0.335 e. The van der Waals surface area contributed by atoms with Gasteiger partial charge < -0.3 is 26.5 Å².